The fraction of sp³-hybridized carbons (Fsp3) is 0.833. The molecule has 2 aliphatic heterocycles. The Hall–Kier alpha value is -0.340. The molecule has 2 rings (SSSR count). The van der Waals surface area contributed by atoms with Gasteiger partial charge in [0.2, 0.25) is 0 Å². The van der Waals surface area contributed by atoms with Crippen molar-refractivity contribution in [1.82, 2.24) is 10.2 Å². The minimum absolute atomic E-state index is 0.614. The average molecular weight is 194 g/mol. The summed E-state index contributed by atoms with van der Waals surface area (Å²) in [6.45, 7) is 13.0. The van der Waals surface area contributed by atoms with Crippen molar-refractivity contribution in [3.8, 4) is 0 Å². The second kappa shape index (κ2) is 3.67. The fourth-order valence-corrected chi connectivity index (χ4v) is 2.37. The van der Waals surface area contributed by atoms with Crippen LogP contribution in [0.2, 0.25) is 0 Å². The van der Waals surface area contributed by atoms with Crippen molar-refractivity contribution in [3.05, 3.63) is 11.1 Å². The topological polar surface area (TPSA) is 15.3 Å². The summed E-state index contributed by atoms with van der Waals surface area (Å²) < 4.78 is 0. The van der Waals surface area contributed by atoms with Gasteiger partial charge in [-0.1, -0.05) is 19.4 Å². The zero-order valence-corrected chi connectivity index (χ0v) is 9.69. The summed E-state index contributed by atoms with van der Waals surface area (Å²) in [6.07, 6.45) is 1.32. The van der Waals surface area contributed by atoms with E-state index in [1.165, 1.54) is 26.1 Å². The van der Waals surface area contributed by atoms with Crippen molar-refractivity contribution in [2.75, 3.05) is 32.7 Å². The number of nitrogens with zero attached hydrogens (tertiary/aromatic N) is 1. The second-order valence-corrected chi connectivity index (χ2v) is 5.30. The smallest absolute Gasteiger partial charge is 0.0194 e. The molecule has 2 saturated heterocycles. The zero-order valence-electron chi connectivity index (χ0n) is 9.69. The van der Waals surface area contributed by atoms with Crippen molar-refractivity contribution >= 4 is 0 Å². The van der Waals surface area contributed by atoms with E-state index in [1.807, 2.05) is 0 Å². The highest BCUT2D eigenvalue weighted by Crippen LogP contribution is 2.33. The maximum absolute atomic E-state index is 3.30. The van der Waals surface area contributed by atoms with E-state index in [-0.39, 0.29) is 0 Å². The van der Waals surface area contributed by atoms with E-state index in [4.69, 9.17) is 0 Å². The molecule has 0 aliphatic carbocycles. The Labute approximate surface area is 87.4 Å². The van der Waals surface area contributed by atoms with Crippen LogP contribution in [0.25, 0.3) is 0 Å². The van der Waals surface area contributed by atoms with Crippen LogP contribution in [0.3, 0.4) is 0 Å². The van der Waals surface area contributed by atoms with Gasteiger partial charge in [0.05, 0.1) is 0 Å². The minimum atomic E-state index is 0.614. The number of hydrogen-bond acceptors (Lipinski definition) is 2. The molecule has 80 valence electrons. The van der Waals surface area contributed by atoms with Gasteiger partial charge in [-0.05, 0) is 24.3 Å². The van der Waals surface area contributed by atoms with Crippen LogP contribution < -0.4 is 5.32 Å². The Morgan fingerprint density at radius 3 is 2.50 bits per heavy atom. The third kappa shape index (κ3) is 1.86. The summed E-state index contributed by atoms with van der Waals surface area (Å²) in [4.78, 5) is 2.57. The lowest BCUT2D eigenvalue weighted by atomic mass is 9.79. The van der Waals surface area contributed by atoms with Gasteiger partial charge in [0.25, 0.3) is 0 Å². The summed E-state index contributed by atoms with van der Waals surface area (Å²) in [5.41, 5.74) is 3.85. The van der Waals surface area contributed by atoms with Gasteiger partial charge < -0.3 is 5.32 Å². The minimum Gasteiger partial charge on any atom is -0.309 e. The molecular formula is C12H22N2. The van der Waals surface area contributed by atoms with Crippen molar-refractivity contribution in [1.29, 1.82) is 0 Å². The van der Waals surface area contributed by atoms with E-state index in [2.05, 4.69) is 31.0 Å². The van der Waals surface area contributed by atoms with Crippen LogP contribution in [0.4, 0.5) is 0 Å². The summed E-state index contributed by atoms with van der Waals surface area (Å²) in [5.74, 6) is 0. The van der Waals surface area contributed by atoms with Crippen LogP contribution in [0.1, 0.15) is 27.2 Å². The molecule has 0 aromatic rings. The standard InChI is InChI=1S/C12H22N2/c1-4-12(3)8-14(9-12)7-10(2)11-5-13-6-11/h13H,4-9H2,1-3H3. The molecular weight excluding hydrogens is 172 g/mol. The molecule has 0 saturated carbocycles. The van der Waals surface area contributed by atoms with Gasteiger partial charge in [-0.25, -0.2) is 0 Å². The highest BCUT2D eigenvalue weighted by molar-refractivity contribution is 5.22. The SMILES string of the molecule is CCC1(C)CN(CC(C)=C2CNC2)C1. The molecule has 14 heavy (non-hydrogen) atoms. The van der Waals surface area contributed by atoms with Crippen LogP contribution in [0.15, 0.2) is 11.1 Å². The first-order valence-corrected chi connectivity index (χ1v) is 5.73. The maximum atomic E-state index is 3.30. The van der Waals surface area contributed by atoms with Gasteiger partial charge in [-0.3, -0.25) is 4.90 Å². The maximum Gasteiger partial charge on any atom is 0.0194 e. The molecule has 0 spiro atoms. The molecule has 2 fully saturated rings. The van der Waals surface area contributed by atoms with Crippen LogP contribution in [-0.4, -0.2) is 37.6 Å². The van der Waals surface area contributed by atoms with Crippen LogP contribution in [0.5, 0.6) is 0 Å². The van der Waals surface area contributed by atoms with Crippen LogP contribution >= 0.6 is 0 Å². The third-order valence-corrected chi connectivity index (χ3v) is 3.81. The molecule has 0 aromatic heterocycles. The predicted octanol–water partition coefficient (Wildman–Crippen LogP) is 1.64. The van der Waals surface area contributed by atoms with E-state index in [0.717, 1.165) is 13.1 Å². The molecule has 0 aromatic carbocycles. The number of rotatable bonds is 3. The van der Waals surface area contributed by atoms with Crippen LogP contribution in [0, 0.1) is 5.41 Å². The van der Waals surface area contributed by atoms with Gasteiger partial charge in [-0.15, -0.1) is 0 Å². The molecule has 2 nitrogen and oxygen atoms in total. The number of likely N-dealkylation sites (tertiary alicyclic amines) is 1. The second-order valence-electron chi connectivity index (χ2n) is 5.30. The van der Waals surface area contributed by atoms with E-state index in [9.17, 15) is 0 Å². The number of nitrogens with one attached hydrogen (secondary N) is 1. The average Bonchev–Trinajstić information content (AvgIpc) is 1.97. The summed E-state index contributed by atoms with van der Waals surface area (Å²) in [5, 5.41) is 3.30. The zero-order chi connectivity index (χ0) is 10.2. The Balaban J connectivity index is 1.79. The Bertz CT molecular complexity index is 243. The molecule has 0 unspecified atom stereocenters. The first kappa shape index (κ1) is 10.2. The molecule has 0 atom stereocenters. The summed E-state index contributed by atoms with van der Waals surface area (Å²) in [6, 6.07) is 0. The largest absolute Gasteiger partial charge is 0.309 e. The van der Waals surface area contributed by atoms with Gasteiger partial charge >= 0.3 is 0 Å². The molecule has 2 heteroatoms. The van der Waals surface area contributed by atoms with Crippen LogP contribution in [-0.2, 0) is 0 Å². The van der Waals surface area contributed by atoms with Gasteiger partial charge in [0.15, 0.2) is 0 Å². The van der Waals surface area contributed by atoms with Gasteiger partial charge in [-0.2, -0.15) is 0 Å². The van der Waals surface area contributed by atoms with E-state index in [1.54, 1.807) is 11.1 Å². The van der Waals surface area contributed by atoms with Crippen molar-refractivity contribution in [3.63, 3.8) is 0 Å². The van der Waals surface area contributed by atoms with Gasteiger partial charge in [0.1, 0.15) is 0 Å². The molecule has 0 bridgehead atoms. The van der Waals surface area contributed by atoms with E-state index >= 15 is 0 Å². The Morgan fingerprint density at radius 1 is 1.43 bits per heavy atom. The molecule has 1 N–H and O–H groups in total. The van der Waals surface area contributed by atoms with Crippen molar-refractivity contribution < 1.29 is 0 Å². The molecule has 0 amide bonds. The molecule has 0 radical (unpaired) electrons. The Kier molecular flexibility index (Phi) is 2.67. The fourth-order valence-electron chi connectivity index (χ4n) is 2.37. The predicted molar refractivity (Wildman–Crippen MR) is 60.4 cm³/mol. The highest BCUT2D eigenvalue weighted by Gasteiger charge is 2.36. The Morgan fingerprint density at radius 2 is 2.07 bits per heavy atom. The molecule has 2 aliphatic rings. The van der Waals surface area contributed by atoms with Crippen molar-refractivity contribution in [2.45, 2.75) is 27.2 Å². The van der Waals surface area contributed by atoms with Crippen molar-refractivity contribution in [2.24, 2.45) is 5.41 Å². The summed E-state index contributed by atoms with van der Waals surface area (Å²) in [7, 11) is 0. The lowest BCUT2D eigenvalue weighted by Gasteiger charge is -2.48. The number of hydrogen-bond donors (Lipinski definition) is 1. The quantitative estimate of drug-likeness (QED) is 0.687. The highest BCUT2D eigenvalue weighted by atomic mass is 15.2. The lowest BCUT2D eigenvalue weighted by Crippen LogP contribution is -2.54. The third-order valence-electron chi connectivity index (χ3n) is 3.81. The summed E-state index contributed by atoms with van der Waals surface area (Å²) >= 11 is 0. The first-order chi connectivity index (χ1) is 6.63. The van der Waals surface area contributed by atoms with E-state index in [0.29, 0.717) is 5.41 Å². The monoisotopic (exact) mass is 194 g/mol. The first-order valence-electron chi connectivity index (χ1n) is 5.73. The van der Waals surface area contributed by atoms with Gasteiger partial charge in [0, 0.05) is 32.7 Å². The van der Waals surface area contributed by atoms with E-state index < -0.39 is 0 Å². The normalized spacial score (nSPS) is 25.5. The lowest BCUT2D eigenvalue weighted by molar-refractivity contribution is 0.0205. The molecule has 2 heterocycles.